The highest BCUT2D eigenvalue weighted by Gasteiger charge is 2.26. The van der Waals surface area contributed by atoms with Gasteiger partial charge in [0.15, 0.2) is 7.05 Å². The summed E-state index contributed by atoms with van der Waals surface area (Å²) in [4.78, 5) is 0. The van der Waals surface area contributed by atoms with Crippen molar-refractivity contribution in [3.8, 4) is 22.5 Å². The van der Waals surface area contributed by atoms with Crippen LogP contribution in [0.3, 0.4) is 0 Å². The molecule has 0 bridgehead atoms. The van der Waals surface area contributed by atoms with Gasteiger partial charge in [0.1, 0.15) is 10.2 Å². The summed E-state index contributed by atoms with van der Waals surface area (Å²) in [5.74, 6) is 0. The van der Waals surface area contributed by atoms with Gasteiger partial charge in [-0.2, -0.15) is 4.68 Å². The average Bonchev–Trinajstić information content (AvgIpc) is 2.85. The molecule has 0 N–H and O–H groups in total. The first-order valence-electron chi connectivity index (χ1n) is 7.63. The Balaban J connectivity index is 0.000000352. The molecule has 3 rings (SSSR count). The summed E-state index contributed by atoms with van der Waals surface area (Å²) in [6, 6.07) is 20.9. The first kappa shape index (κ1) is 20.3. The zero-order valence-corrected chi connectivity index (χ0v) is 17.0. The van der Waals surface area contributed by atoms with Crippen molar-refractivity contribution < 1.29 is 21.8 Å². The molecule has 1 aromatic heterocycles. The second-order valence-electron chi connectivity index (χ2n) is 5.37. The van der Waals surface area contributed by atoms with E-state index in [-0.39, 0.29) is 0 Å². The number of benzene rings is 2. The summed E-state index contributed by atoms with van der Waals surface area (Å²) in [7, 11) is 0.562. The molecule has 26 heavy (non-hydrogen) atoms. The summed E-state index contributed by atoms with van der Waals surface area (Å²) in [5, 5.41) is 0. The third kappa shape index (κ3) is 4.79. The number of aromatic nitrogens is 2. The minimum Gasteiger partial charge on any atom is -0.726 e. The van der Waals surface area contributed by atoms with E-state index in [0.29, 0.717) is 0 Å². The first-order valence-corrected chi connectivity index (χ1v) is 9.75. The van der Waals surface area contributed by atoms with Gasteiger partial charge in [-0.05, 0) is 28.1 Å². The largest absolute Gasteiger partial charge is 0.726 e. The average molecular weight is 439 g/mol. The highest BCUT2D eigenvalue weighted by Crippen LogP contribution is 2.34. The molecule has 0 fully saturated rings. The number of halogens is 1. The minimum atomic E-state index is -4.41. The summed E-state index contributed by atoms with van der Waals surface area (Å²) in [5.41, 5.74) is 4.79. The zero-order valence-electron chi connectivity index (χ0n) is 14.6. The van der Waals surface area contributed by atoms with E-state index in [2.05, 4.69) is 92.1 Å². The van der Waals surface area contributed by atoms with E-state index in [4.69, 9.17) is 0 Å². The minimum absolute atomic E-state index is 0.808. The van der Waals surface area contributed by atoms with Crippen LogP contribution in [0.15, 0.2) is 65.1 Å². The standard InChI is InChI=1S/C17H16BrN2.CH4O4S/c1-19-16(13-9-5-3-6-10-13)15(18)17(20(19)2)14-11-7-4-8-12-14;1-5-6(2,3)4/h3-12H,1-2H3;1H3,(H,2,3,4)/q+1;/p-1. The van der Waals surface area contributed by atoms with Crippen LogP contribution >= 0.6 is 15.9 Å². The molecule has 0 radical (unpaired) electrons. The lowest BCUT2D eigenvalue weighted by Gasteiger charge is -1.99. The second-order valence-corrected chi connectivity index (χ2v) is 7.31. The van der Waals surface area contributed by atoms with Gasteiger partial charge in [-0.25, -0.2) is 8.42 Å². The zero-order chi connectivity index (χ0) is 19.3. The van der Waals surface area contributed by atoms with Crippen molar-refractivity contribution in [1.82, 2.24) is 4.68 Å². The molecule has 0 amide bonds. The maximum atomic E-state index is 9.22. The molecular weight excluding hydrogens is 420 g/mol. The topological polar surface area (TPSA) is 75.2 Å². The van der Waals surface area contributed by atoms with Crippen LogP contribution in [0.4, 0.5) is 0 Å². The fraction of sp³-hybridized carbons (Fsp3) is 0.167. The smallest absolute Gasteiger partial charge is 0.253 e. The van der Waals surface area contributed by atoms with E-state index in [0.717, 1.165) is 11.6 Å². The van der Waals surface area contributed by atoms with Crippen molar-refractivity contribution in [2.45, 2.75) is 0 Å². The molecular formula is C18H19BrN2O4S. The number of hydrogen-bond acceptors (Lipinski definition) is 4. The molecule has 0 unspecified atom stereocenters. The molecule has 1 heterocycles. The van der Waals surface area contributed by atoms with E-state index in [9.17, 15) is 13.0 Å². The Labute approximate surface area is 161 Å². The van der Waals surface area contributed by atoms with Crippen molar-refractivity contribution in [3.63, 3.8) is 0 Å². The highest BCUT2D eigenvalue weighted by atomic mass is 79.9. The fourth-order valence-corrected chi connectivity index (χ4v) is 3.49. The van der Waals surface area contributed by atoms with E-state index >= 15 is 0 Å². The van der Waals surface area contributed by atoms with Crippen LogP contribution in [0, 0.1) is 0 Å². The van der Waals surface area contributed by atoms with Crippen LogP contribution in [0.2, 0.25) is 0 Å². The van der Waals surface area contributed by atoms with Gasteiger partial charge in [-0.15, -0.1) is 4.68 Å². The van der Waals surface area contributed by atoms with Gasteiger partial charge in [-0.1, -0.05) is 48.5 Å². The third-order valence-corrected chi connectivity index (χ3v) is 4.97. The highest BCUT2D eigenvalue weighted by molar-refractivity contribution is 9.10. The van der Waals surface area contributed by atoms with E-state index in [1.807, 2.05) is 12.1 Å². The van der Waals surface area contributed by atoms with Crippen molar-refractivity contribution in [3.05, 3.63) is 65.1 Å². The molecule has 0 aliphatic carbocycles. The molecule has 0 aliphatic heterocycles. The van der Waals surface area contributed by atoms with Gasteiger partial charge in [-0.3, -0.25) is 4.18 Å². The Hall–Kier alpha value is -2.00. The van der Waals surface area contributed by atoms with Crippen molar-refractivity contribution in [1.29, 1.82) is 0 Å². The lowest BCUT2D eigenvalue weighted by molar-refractivity contribution is -0.740. The van der Waals surface area contributed by atoms with Gasteiger partial charge in [0.05, 0.1) is 14.2 Å². The van der Waals surface area contributed by atoms with E-state index in [1.165, 1.54) is 22.5 Å². The molecule has 0 saturated heterocycles. The van der Waals surface area contributed by atoms with Crippen LogP contribution in [0.1, 0.15) is 0 Å². The summed E-state index contributed by atoms with van der Waals surface area (Å²) >= 11 is 3.78. The summed E-state index contributed by atoms with van der Waals surface area (Å²) in [6.45, 7) is 0. The predicted molar refractivity (Wildman–Crippen MR) is 102 cm³/mol. The molecule has 0 spiro atoms. The Bertz CT molecular complexity index is 908. The summed E-state index contributed by atoms with van der Waals surface area (Å²) < 4.78 is 36.5. The first-order chi connectivity index (χ1) is 12.3. The number of nitrogens with zero attached hydrogens (tertiary/aromatic N) is 2. The molecule has 8 heteroatoms. The summed E-state index contributed by atoms with van der Waals surface area (Å²) in [6.07, 6.45) is 0. The Morgan fingerprint density at radius 3 is 1.85 bits per heavy atom. The Morgan fingerprint density at radius 1 is 1.00 bits per heavy atom. The molecule has 138 valence electrons. The van der Waals surface area contributed by atoms with E-state index < -0.39 is 10.4 Å². The lowest BCUT2D eigenvalue weighted by atomic mass is 10.1. The SMILES string of the molecule is COS(=O)(=O)[O-].Cn1c(-c2ccccc2)c(Br)c(-c2ccccc2)[n+]1C. The van der Waals surface area contributed by atoms with Crippen molar-refractivity contribution in [2.75, 3.05) is 7.11 Å². The number of hydrogen-bond donors (Lipinski definition) is 0. The van der Waals surface area contributed by atoms with Gasteiger partial charge < -0.3 is 4.55 Å². The molecule has 3 aromatic rings. The molecule has 0 aliphatic rings. The molecule has 2 aromatic carbocycles. The van der Waals surface area contributed by atoms with Crippen molar-refractivity contribution in [2.24, 2.45) is 14.1 Å². The van der Waals surface area contributed by atoms with Gasteiger partial charge in [0.2, 0.25) is 10.4 Å². The predicted octanol–water partition coefficient (Wildman–Crippen LogP) is 3.04. The molecule has 0 saturated carbocycles. The Kier molecular flexibility index (Phi) is 6.71. The molecule has 6 nitrogen and oxygen atoms in total. The number of rotatable bonds is 3. The monoisotopic (exact) mass is 438 g/mol. The third-order valence-electron chi connectivity index (χ3n) is 3.81. The van der Waals surface area contributed by atoms with Crippen LogP contribution in [-0.4, -0.2) is 24.8 Å². The Morgan fingerprint density at radius 2 is 1.42 bits per heavy atom. The maximum Gasteiger partial charge on any atom is 0.253 e. The van der Waals surface area contributed by atoms with E-state index in [1.54, 1.807) is 0 Å². The lowest BCUT2D eigenvalue weighted by Crippen LogP contribution is -2.39. The van der Waals surface area contributed by atoms with Gasteiger partial charge >= 0.3 is 0 Å². The van der Waals surface area contributed by atoms with Crippen molar-refractivity contribution >= 4 is 26.3 Å². The van der Waals surface area contributed by atoms with Gasteiger partial charge in [0, 0.05) is 11.1 Å². The van der Waals surface area contributed by atoms with Crippen LogP contribution in [0.5, 0.6) is 0 Å². The maximum absolute atomic E-state index is 9.22. The second kappa shape index (κ2) is 8.59. The quantitative estimate of drug-likeness (QED) is 0.357. The van der Waals surface area contributed by atoms with Gasteiger partial charge in [0.25, 0.3) is 5.69 Å². The molecule has 0 atom stereocenters. The van der Waals surface area contributed by atoms with Crippen LogP contribution in [-0.2, 0) is 28.7 Å². The normalized spacial score (nSPS) is 11.0. The van der Waals surface area contributed by atoms with Crippen LogP contribution in [0.25, 0.3) is 22.5 Å². The fourth-order valence-electron chi connectivity index (χ4n) is 2.52. The van der Waals surface area contributed by atoms with Crippen LogP contribution < -0.4 is 4.68 Å².